The predicted octanol–water partition coefficient (Wildman–Crippen LogP) is 4.89. The van der Waals surface area contributed by atoms with Crippen LogP contribution < -0.4 is 19.8 Å². The largest absolute Gasteiger partial charge is 0.493 e. The zero-order valence-corrected chi connectivity index (χ0v) is 18.9. The van der Waals surface area contributed by atoms with Gasteiger partial charge in [-0.05, 0) is 41.8 Å². The summed E-state index contributed by atoms with van der Waals surface area (Å²) in [6, 6.07) is 19.4. The smallest absolute Gasteiger partial charge is 0.258 e. The van der Waals surface area contributed by atoms with Crippen molar-refractivity contribution in [3.63, 3.8) is 0 Å². The van der Waals surface area contributed by atoms with E-state index in [1.807, 2.05) is 24.3 Å². The molecule has 0 saturated heterocycles. The van der Waals surface area contributed by atoms with Gasteiger partial charge in [0.05, 0.1) is 7.11 Å². The lowest BCUT2D eigenvalue weighted by Crippen LogP contribution is -2.16. The summed E-state index contributed by atoms with van der Waals surface area (Å²) in [4.78, 5) is 12.7. The quantitative estimate of drug-likeness (QED) is 0.423. The molecule has 1 aromatic heterocycles. The van der Waals surface area contributed by atoms with Gasteiger partial charge >= 0.3 is 0 Å². The van der Waals surface area contributed by atoms with Gasteiger partial charge in [0.1, 0.15) is 5.75 Å². The van der Waals surface area contributed by atoms with Crippen LogP contribution in [-0.2, 0) is 17.1 Å². The molecule has 0 saturated carbocycles. The normalized spacial score (nSPS) is 11.2. The third-order valence-corrected chi connectivity index (χ3v) is 6.09. The first-order chi connectivity index (χ1) is 15.8. The first-order valence-corrected chi connectivity index (χ1v) is 11.6. The van der Waals surface area contributed by atoms with E-state index in [1.54, 1.807) is 62.8 Å². The highest BCUT2D eigenvalue weighted by atomic mass is 32.2. The summed E-state index contributed by atoms with van der Waals surface area (Å²) in [5, 5.41) is 2.10. The Kier molecular flexibility index (Phi) is 5.93. The molecule has 0 aliphatic heterocycles. The maximum atomic E-state index is 12.7. The summed E-state index contributed by atoms with van der Waals surface area (Å²) in [6.07, 6.45) is 1.71. The Morgan fingerprint density at radius 3 is 2.27 bits per heavy atom. The Hall–Kier alpha value is -4.04. The molecule has 0 aliphatic carbocycles. The number of nitrogens with one attached hydrogen (secondary N) is 1. The van der Waals surface area contributed by atoms with Crippen molar-refractivity contribution in [1.29, 1.82) is 0 Å². The molecule has 1 N–H and O–H groups in total. The molecule has 0 atom stereocenters. The molecule has 0 spiro atoms. The number of rotatable bonds is 7. The summed E-state index contributed by atoms with van der Waals surface area (Å²) >= 11 is 0. The number of hydrogen-bond acceptors (Lipinski definition) is 5. The lowest BCUT2D eigenvalue weighted by atomic mass is 9.99. The fourth-order valence-corrected chi connectivity index (χ4v) is 4.09. The van der Waals surface area contributed by atoms with Crippen LogP contribution in [0.4, 0.5) is 5.69 Å². The van der Waals surface area contributed by atoms with Crippen LogP contribution in [0.3, 0.4) is 0 Å². The number of ether oxygens (including phenoxy) is 2. The van der Waals surface area contributed by atoms with Gasteiger partial charge in [-0.25, -0.2) is 8.42 Å². The van der Waals surface area contributed by atoms with Gasteiger partial charge in [0, 0.05) is 40.9 Å². The molecule has 33 heavy (non-hydrogen) atoms. The molecule has 4 rings (SSSR count). The Morgan fingerprint density at radius 2 is 1.58 bits per heavy atom. The van der Waals surface area contributed by atoms with Gasteiger partial charge in [-0.2, -0.15) is 0 Å². The monoisotopic (exact) mass is 462 g/mol. The van der Waals surface area contributed by atoms with Gasteiger partial charge in [0.25, 0.3) is 15.6 Å². The first-order valence-electron chi connectivity index (χ1n) is 10.0. The van der Waals surface area contributed by atoms with E-state index in [-0.39, 0.29) is 5.56 Å². The molecule has 8 heteroatoms. The van der Waals surface area contributed by atoms with Crippen LogP contribution in [0.25, 0.3) is 21.9 Å². The van der Waals surface area contributed by atoms with Crippen molar-refractivity contribution in [2.75, 3.05) is 11.8 Å². The Labute approximate surface area is 191 Å². The molecule has 0 fully saturated rings. The van der Waals surface area contributed by atoms with E-state index in [9.17, 15) is 13.2 Å². The van der Waals surface area contributed by atoms with E-state index in [1.165, 1.54) is 4.57 Å². The predicted molar refractivity (Wildman–Crippen MR) is 130 cm³/mol. The number of pyridine rings is 1. The van der Waals surface area contributed by atoms with Gasteiger partial charge in [0.15, 0.2) is 11.5 Å². The Balaban J connectivity index is 1.97. The molecule has 0 amide bonds. The zero-order chi connectivity index (χ0) is 23.6. The van der Waals surface area contributed by atoms with Gasteiger partial charge in [-0.3, -0.25) is 9.52 Å². The number of anilines is 1. The highest BCUT2D eigenvalue weighted by Gasteiger charge is 2.17. The standard InChI is InChI=1S/C25H22N2O5S/c1-4-33(29,30)26-17-13-14-22(32-24-12-8-7-11-23(24)31-3)20(15-17)21-16-27(2)25(28)19-10-6-5-9-18(19)21/h4-16,26H,1H2,2-3H3. The van der Waals surface area contributed by atoms with Crippen molar-refractivity contribution in [2.24, 2.45) is 7.05 Å². The molecule has 168 valence electrons. The number of nitrogens with zero attached hydrogens (tertiary/aromatic N) is 1. The molecule has 4 aromatic rings. The summed E-state index contributed by atoms with van der Waals surface area (Å²) in [5.41, 5.74) is 1.49. The van der Waals surface area contributed by atoms with Crippen molar-refractivity contribution in [1.82, 2.24) is 4.57 Å². The summed E-state index contributed by atoms with van der Waals surface area (Å²) in [6.45, 7) is 3.34. The Morgan fingerprint density at radius 1 is 0.909 bits per heavy atom. The third kappa shape index (κ3) is 4.47. The fraction of sp³-hybridized carbons (Fsp3) is 0.0800. The minimum absolute atomic E-state index is 0.134. The summed E-state index contributed by atoms with van der Waals surface area (Å²) < 4.78 is 39.7. The number of hydrogen-bond donors (Lipinski definition) is 1. The van der Waals surface area contributed by atoms with E-state index in [2.05, 4.69) is 11.3 Å². The highest BCUT2D eigenvalue weighted by molar-refractivity contribution is 7.95. The molecule has 0 aliphatic rings. The van der Waals surface area contributed by atoms with Crippen LogP contribution in [0.1, 0.15) is 0 Å². The lowest BCUT2D eigenvalue weighted by Gasteiger charge is -2.17. The highest BCUT2D eigenvalue weighted by Crippen LogP contribution is 2.40. The van der Waals surface area contributed by atoms with Crippen LogP contribution in [-0.4, -0.2) is 20.1 Å². The van der Waals surface area contributed by atoms with Crippen LogP contribution in [0, 0.1) is 0 Å². The van der Waals surface area contributed by atoms with Crippen molar-refractivity contribution >= 4 is 26.5 Å². The topological polar surface area (TPSA) is 86.6 Å². The van der Waals surface area contributed by atoms with Crippen LogP contribution in [0.2, 0.25) is 0 Å². The molecule has 0 unspecified atom stereocenters. The van der Waals surface area contributed by atoms with E-state index < -0.39 is 10.0 Å². The molecule has 0 bridgehead atoms. The van der Waals surface area contributed by atoms with E-state index in [0.29, 0.717) is 44.8 Å². The molecule has 0 radical (unpaired) electrons. The van der Waals surface area contributed by atoms with Crippen molar-refractivity contribution in [3.8, 4) is 28.4 Å². The molecule has 1 heterocycles. The average molecular weight is 463 g/mol. The number of benzene rings is 3. The number of methoxy groups -OCH3 is 1. The Bertz CT molecular complexity index is 1520. The zero-order valence-electron chi connectivity index (χ0n) is 18.1. The van der Waals surface area contributed by atoms with Gasteiger partial charge in [-0.1, -0.05) is 36.9 Å². The van der Waals surface area contributed by atoms with E-state index >= 15 is 0 Å². The number of fused-ring (bicyclic) bond motifs is 1. The van der Waals surface area contributed by atoms with Gasteiger partial charge in [0.2, 0.25) is 0 Å². The van der Waals surface area contributed by atoms with Gasteiger partial charge in [-0.15, -0.1) is 0 Å². The average Bonchev–Trinajstić information content (AvgIpc) is 2.82. The minimum atomic E-state index is -3.71. The molecular formula is C25H22N2O5S. The first kappa shape index (κ1) is 22.2. The van der Waals surface area contributed by atoms with Crippen molar-refractivity contribution in [3.05, 3.63) is 95.3 Å². The van der Waals surface area contributed by atoms with E-state index in [0.717, 1.165) is 5.41 Å². The lowest BCUT2D eigenvalue weighted by molar-refractivity contribution is 0.379. The SMILES string of the molecule is C=CS(=O)(=O)Nc1ccc(Oc2ccccc2OC)c(-c2cn(C)c(=O)c3ccccc23)c1. The molecule has 3 aromatic carbocycles. The van der Waals surface area contributed by atoms with Crippen LogP contribution >= 0.6 is 0 Å². The fourth-order valence-electron chi connectivity index (χ4n) is 3.55. The second-order valence-electron chi connectivity index (χ2n) is 7.28. The second-order valence-corrected chi connectivity index (χ2v) is 8.91. The van der Waals surface area contributed by atoms with E-state index in [4.69, 9.17) is 9.47 Å². The number of para-hydroxylation sites is 2. The molecular weight excluding hydrogens is 440 g/mol. The minimum Gasteiger partial charge on any atom is -0.493 e. The van der Waals surface area contributed by atoms with Crippen LogP contribution in [0.15, 0.2) is 89.7 Å². The maximum absolute atomic E-state index is 12.7. The number of aryl methyl sites for hydroxylation is 1. The van der Waals surface area contributed by atoms with Crippen molar-refractivity contribution < 1.29 is 17.9 Å². The number of sulfonamides is 1. The van der Waals surface area contributed by atoms with Gasteiger partial charge < -0.3 is 14.0 Å². The van der Waals surface area contributed by atoms with Crippen LogP contribution in [0.5, 0.6) is 17.2 Å². The second kappa shape index (κ2) is 8.84. The van der Waals surface area contributed by atoms with Crippen molar-refractivity contribution in [2.45, 2.75) is 0 Å². The molecule has 7 nitrogen and oxygen atoms in total. The summed E-state index contributed by atoms with van der Waals surface area (Å²) in [5.74, 6) is 1.50. The maximum Gasteiger partial charge on any atom is 0.258 e. The third-order valence-electron chi connectivity index (χ3n) is 5.13. The summed E-state index contributed by atoms with van der Waals surface area (Å²) in [7, 11) is -0.491. The number of aromatic nitrogens is 1.